The van der Waals surface area contributed by atoms with Gasteiger partial charge in [-0.2, -0.15) is 13.2 Å². The maximum absolute atomic E-state index is 12.1. The Hall–Kier alpha value is -0.250. The van der Waals surface area contributed by atoms with Gasteiger partial charge in [-0.3, -0.25) is 0 Å². The highest BCUT2D eigenvalue weighted by Crippen LogP contribution is 2.53. The van der Waals surface area contributed by atoms with Crippen molar-refractivity contribution in [1.29, 1.82) is 0 Å². The second-order valence-corrected chi connectivity index (χ2v) is 3.35. The highest BCUT2D eigenvalue weighted by molar-refractivity contribution is 5.08. The standard InChI is InChI=1S/C7H10F3N/c8-7(9,10)5-4-2-1-3-11-6(4)5/h4-6,11H,1-3H2/t4-,5-,6+/m0/s1. The van der Waals surface area contributed by atoms with Crippen molar-refractivity contribution in [3.05, 3.63) is 0 Å². The van der Waals surface area contributed by atoms with Crippen LogP contribution in [0.1, 0.15) is 12.8 Å². The van der Waals surface area contributed by atoms with Crippen LogP contribution in [0.5, 0.6) is 0 Å². The summed E-state index contributed by atoms with van der Waals surface area (Å²) in [6.45, 7) is 0.758. The molecule has 11 heavy (non-hydrogen) atoms. The Morgan fingerprint density at radius 2 is 2.00 bits per heavy atom. The van der Waals surface area contributed by atoms with Gasteiger partial charge in [-0.1, -0.05) is 0 Å². The minimum atomic E-state index is -3.97. The monoisotopic (exact) mass is 165 g/mol. The van der Waals surface area contributed by atoms with Gasteiger partial charge >= 0.3 is 6.18 Å². The third-order valence-corrected chi connectivity index (χ3v) is 2.64. The molecule has 1 aliphatic carbocycles. The first-order valence-electron chi connectivity index (χ1n) is 3.91. The summed E-state index contributed by atoms with van der Waals surface area (Å²) in [5.74, 6) is -1.14. The van der Waals surface area contributed by atoms with E-state index in [-0.39, 0.29) is 12.0 Å². The molecule has 2 fully saturated rings. The van der Waals surface area contributed by atoms with Crippen LogP contribution < -0.4 is 5.32 Å². The van der Waals surface area contributed by atoms with Gasteiger partial charge in [-0.15, -0.1) is 0 Å². The zero-order chi connectivity index (χ0) is 8.06. The van der Waals surface area contributed by atoms with Gasteiger partial charge in [0, 0.05) is 6.04 Å². The smallest absolute Gasteiger partial charge is 0.313 e. The van der Waals surface area contributed by atoms with Crippen molar-refractivity contribution in [2.24, 2.45) is 11.8 Å². The molecule has 0 radical (unpaired) electrons. The van der Waals surface area contributed by atoms with Crippen molar-refractivity contribution in [3.8, 4) is 0 Å². The first kappa shape index (κ1) is 7.40. The van der Waals surface area contributed by atoms with Crippen LogP contribution in [0.2, 0.25) is 0 Å². The lowest BCUT2D eigenvalue weighted by Gasteiger charge is -2.07. The Kier molecular flexibility index (Phi) is 1.43. The maximum Gasteiger partial charge on any atom is 0.393 e. The highest BCUT2D eigenvalue weighted by Gasteiger charge is 2.64. The van der Waals surface area contributed by atoms with Gasteiger partial charge in [-0.25, -0.2) is 0 Å². The number of fused-ring (bicyclic) bond motifs is 1. The zero-order valence-corrected chi connectivity index (χ0v) is 5.99. The van der Waals surface area contributed by atoms with E-state index in [1.165, 1.54) is 0 Å². The average Bonchev–Trinajstić information content (AvgIpc) is 2.58. The van der Waals surface area contributed by atoms with E-state index in [1.54, 1.807) is 0 Å². The van der Waals surface area contributed by atoms with Gasteiger partial charge in [0.05, 0.1) is 5.92 Å². The Bertz CT molecular complexity index is 154. The molecule has 64 valence electrons. The van der Waals surface area contributed by atoms with Crippen LogP contribution in [0.15, 0.2) is 0 Å². The quantitative estimate of drug-likeness (QED) is 0.574. The van der Waals surface area contributed by atoms with E-state index in [0.29, 0.717) is 0 Å². The third-order valence-electron chi connectivity index (χ3n) is 2.64. The molecule has 0 bridgehead atoms. The summed E-state index contributed by atoms with van der Waals surface area (Å²) in [7, 11) is 0. The molecule has 1 N–H and O–H groups in total. The number of halogens is 3. The number of rotatable bonds is 0. The van der Waals surface area contributed by atoms with Gasteiger partial charge in [0.1, 0.15) is 0 Å². The van der Waals surface area contributed by atoms with Crippen molar-refractivity contribution in [2.45, 2.75) is 25.1 Å². The van der Waals surface area contributed by atoms with Crippen molar-refractivity contribution < 1.29 is 13.2 Å². The zero-order valence-electron chi connectivity index (χ0n) is 5.99. The van der Waals surface area contributed by atoms with E-state index in [4.69, 9.17) is 0 Å². The molecule has 2 aliphatic rings. The number of alkyl halides is 3. The van der Waals surface area contributed by atoms with Crippen molar-refractivity contribution in [3.63, 3.8) is 0 Å². The van der Waals surface area contributed by atoms with Crippen LogP contribution in [0.3, 0.4) is 0 Å². The molecule has 0 unspecified atom stereocenters. The van der Waals surface area contributed by atoms with Crippen molar-refractivity contribution in [2.75, 3.05) is 6.54 Å². The summed E-state index contributed by atoms with van der Waals surface area (Å²) in [6.07, 6.45) is -2.32. The molecule has 0 aromatic heterocycles. The molecule has 4 heteroatoms. The van der Waals surface area contributed by atoms with Gasteiger partial charge < -0.3 is 5.32 Å². The lowest BCUT2D eigenvalue weighted by molar-refractivity contribution is -0.152. The SMILES string of the molecule is FC(F)(F)[C@H]1[C@@H]2CCCN[C@H]21. The summed E-state index contributed by atoms with van der Waals surface area (Å²) in [4.78, 5) is 0. The van der Waals surface area contributed by atoms with E-state index in [0.717, 1.165) is 19.4 Å². The number of nitrogens with one attached hydrogen (secondary N) is 1. The third kappa shape index (κ3) is 1.13. The Balaban J connectivity index is 2.00. The van der Waals surface area contributed by atoms with Gasteiger partial charge in [-0.05, 0) is 25.3 Å². The number of hydrogen-bond acceptors (Lipinski definition) is 1. The predicted molar refractivity (Wildman–Crippen MR) is 34.1 cm³/mol. The summed E-state index contributed by atoms with van der Waals surface area (Å²) < 4.78 is 36.3. The molecule has 1 heterocycles. The van der Waals surface area contributed by atoms with E-state index in [9.17, 15) is 13.2 Å². The molecule has 0 aromatic rings. The molecule has 1 aliphatic heterocycles. The van der Waals surface area contributed by atoms with Crippen LogP contribution in [0.25, 0.3) is 0 Å². The van der Waals surface area contributed by atoms with E-state index in [2.05, 4.69) is 5.32 Å². The maximum atomic E-state index is 12.1. The fourth-order valence-electron chi connectivity index (χ4n) is 2.06. The van der Waals surface area contributed by atoms with E-state index in [1.807, 2.05) is 0 Å². The Morgan fingerprint density at radius 1 is 1.27 bits per heavy atom. The lowest BCUT2D eigenvalue weighted by Crippen LogP contribution is -2.26. The van der Waals surface area contributed by atoms with Crippen LogP contribution in [-0.4, -0.2) is 18.8 Å². The Morgan fingerprint density at radius 3 is 2.45 bits per heavy atom. The van der Waals surface area contributed by atoms with Gasteiger partial charge in [0.25, 0.3) is 0 Å². The fraction of sp³-hybridized carbons (Fsp3) is 1.00. The molecule has 0 amide bonds. The minimum absolute atomic E-state index is 0.108. The second kappa shape index (κ2) is 2.12. The lowest BCUT2D eigenvalue weighted by atomic mass is 10.1. The largest absolute Gasteiger partial charge is 0.393 e. The summed E-state index contributed by atoms with van der Waals surface area (Å²) in [5, 5.41) is 2.89. The average molecular weight is 165 g/mol. The van der Waals surface area contributed by atoms with Crippen LogP contribution in [0.4, 0.5) is 13.2 Å². The molecular formula is C7H10F3N. The van der Waals surface area contributed by atoms with Crippen molar-refractivity contribution in [1.82, 2.24) is 5.32 Å². The highest BCUT2D eigenvalue weighted by atomic mass is 19.4. The molecule has 2 rings (SSSR count). The van der Waals surface area contributed by atoms with E-state index >= 15 is 0 Å². The molecule has 1 nitrogen and oxygen atoms in total. The molecule has 0 spiro atoms. The molecule has 1 saturated heterocycles. The van der Waals surface area contributed by atoms with E-state index < -0.39 is 12.1 Å². The second-order valence-electron chi connectivity index (χ2n) is 3.35. The minimum Gasteiger partial charge on any atom is -0.313 e. The fourth-order valence-corrected chi connectivity index (χ4v) is 2.06. The van der Waals surface area contributed by atoms with Crippen LogP contribution in [0, 0.1) is 11.8 Å². The predicted octanol–water partition coefficient (Wildman–Crippen LogP) is 1.55. The van der Waals surface area contributed by atoms with Crippen LogP contribution in [-0.2, 0) is 0 Å². The molecule has 3 atom stereocenters. The normalized spacial score (nSPS) is 43.4. The first-order valence-corrected chi connectivity index (χ1v) is 3.91. The topological polar surface area (TPSA) is 12.0 Å². The summed E-state index contributed by atoms with van der Waals surface area (Å²) in [5.41, 5.74) is 0. The van der Waals surface area contributed by atoms with Gasteiger partial charge in [0.15, 0.2) is 0 Å². The van der Waals surface area contributed by atoms with Crippen LogP contribution >= 0.6 is 0 Å². The summed E-state index contributed by atoms with van der Waals surface area (Å²) in [6, 6.07) is -0.247. The number of hydrogen-bond donors (Lipinski definition) is 1. The molecular weight excluding hydrogens is 155 g/mol. The summed E-state index contributed by atoms with van der Waals surface area (Å²) >= 11 is 0. The molecule has 1 saturated carbocycles. The first-order chi connectivity index (χ1) is 5.11. The Labute approximate surface area is 63.0 Å². The van der Waals surface area contributed by atoms with Crippen molar-refractivity contribution >= 4 is 0 Å². The van der Waals surface area contributed by atoms with Gasteiger partial charge in [0.2, 0.25) is 0 Å². The molecule has 0 aromatic carbocycles. The number of piperidine rings is 1.